The van der Waals surface area contributed by atoms with E-state index in [1.165, 1.54) is 0 Å². The molecule has 1 rings (SSSR count). The lowest BCUT2D eigenvalue weighted by Crippen LogP contribution is -2.01. The summed E-state index contributed by atoms with van der Waals surface area (Å²) in [5.41, 5.74) is 7.81. The van der Waals surface area contributed by atoms with E-state index in [1.54, 1.807) is 0 Å². The first-order valence-corrected chi connectivity index (χ1v) is 4.57. The van der Waals surface area contributed by atoms with E-state index in [0.717, 1.165) is 10.0 Å². The lowest BCUT2D eigenvalue weighted by molar-refractivity contribution is 1.24. The maximum absolute atomic E-state index is 7.59. The summed E-state index contributed by atoms with van der Waals surface area (Å²) in [6.07, 6.45) is 0.714. The number of nitrogens with one attached hydrogen (secondary N) is 1. The van der Waals surface area contributed by atoms with Gasteiger partial charge in [0.1, 0.15) is 0 Å². The number of anilines is 1. The van der Waals surface area contributed by atoms with E-state index in [4.69, 9.17) is 11.1 Å². The number of hydrogen-bond donors (Lipinski definition) is 2. The van der Waals surface area contributed by atoms with Gasteiger partial charge in [0, 0.05) is 21.4 Å². The van der Waals surface area contributed by atoms with Gasteiger partial charge >= 0.3 is 0 Å². The van der Waals surface area contributed by atoms with Crippen LogP contribution in [0.5, 0.6) is 0 Å². The Morgan fingerprint density at radius 1 is 1.58 bits per heavy atom. The molecule has 0 heterocycles. The van der Waals surface area contributed by atoms with E-state index < -0.39 is 0 Å². The molecular weight excluding hydrogens is 216 g/mol. The maximum atomic E-state index is 7.59. The highest BCUT2D eigenvalue weighted by molar-refractivity contribution is 9.10. The van der Waals surface area contributed by atoms with Crippen LogP contribution in [0.25, 0.3) is 0 Å². The summed E-state index contributed by atoms with van der Waals surface area (Å²) in [4.78, 5) is 0. The average Bonchev–Trinajstić information content (AvgIpc) is 2.03. The van der Waals surface area contributed by atoms with Crippen molar-refractivity contribution < 1.29 is 0 Å². The first kappa shape index (κ1) is 9.26. The van der Waals surface area contributed by atoms with Crippen LogP contribution in [0.2, 0.25) is 0 Å². The standard InChI is InChI=1S/C9H11BrN2/c1-2-8(11)7-4-3-6(10)5-9(7)12/h3-5,11H,2,12H2,1H3. The normalized spacial score (nSPS) is 9.83. The third-order valence-corrected chi connectivity index (χ3v) is 2.19. The van der Waals surface area contributed by atoms with Gasteiger partial charge in [-0.25, -0.2) is 0 Å². The molecule has 0 bridgehead atoms. The van der Waals surface area contributed by atoms with Crippen LogP contribution >= 0.6 is 15.9 Å². The van der Waals surface area contributed by atoms with E-state index in [9.17, 15) is 0 Å². The van der Waals surface area contributed by atoms with Gasteiger partial charge in [0.2, 0.25) is 0 Å². The molecule has 0 unspecified atom stereocenters. The molecule has 64 valence electrons. The maximum Gasteiger partial charge on any atom is 0.0417 e. The van der Waals surface area contributed by atoms with E-state index in [-0.39, 0.29) is 0 Å². The van der Waals surface area contributed by atoms with Crippen LogP contribution in [0.4, 0.5) is 5.69 Å². The molecule has 0 aliphatic heterocycles. The van der Waals surface area contributed by atoms with Crippen LogP contribution in [0.3, 0.4) is 0 Å². The number of hydrogen-bond acceptors (Lipinski definition) is 2. The molecule has 1 aromatic rings. The van der Waals surface area contributed by atoms with Crippen molar-refractivity contribution in [2.45, 2.75) is 13.3 Å². The quantitative estimate of drug-likeness (QED) is 0.592. The molecule has 3 N–H and O–H groups in total. The molecule has 3 heteroatoms. The summed E-state index contributed by atoms with van der Waals surface area (Å²) >= 11 is 3.32. The summed E-state index contributed by atoms with van der Waals surface area (Å²) in [6.45, 7) is 1.95. The van der Waals surface area contributed by atoms with Gasteiger partial charge in [0.25, 0.3) is 0 Å². The summed E-state index contributed by atoms with van der Waals surface area (Å²) in [7, 11) is 0. The van der Waals surface area contributed by atoms with E-state index in [1.807, 2.05) is 25.1 Å². The zero-order valence-corrected chi connectivity index (χ0v) is 8.48. The van der Waals surface area contributed by atoms with Gasteiger partial charge in [-0.2, -0.15) is 0 Å². The lowest BCUT2D eigenvalue weighted by Gasteiger charge is -2.05. The fourth-order valence-electron chi connectivity index (χ4n) is 0.999. The lowest BCUT2D eigenvalue weighted by atomic mass is 10.1. The number of rotatable bonds is 2. The van der Waals surface area contributed by atoms with Crippen molar-refractivity contribution in [1.82, 2.24) is 0 Å². The molecule has 1 aromatic carbocycles. The van der Waals surface area contributed by atoms with Crippen molar-refractivity contribution >= 4 is 27.3 Å². The van der Waals surface area contributed by atoms with Crippen LogP contribution in [0.1, 0.15) is 18.9 Å². The number of benzene rings is 1. The van der Waals surface area contributed by atoms with Crippen molar-refractivity contribution in [2.75, 3.05) is 5.73 Å². The van der Waals surface area contributed by atoms with Crippen molar-refractivity contribution in [3.8, 4) is 0 Å². The largest absolute Gasteiger partial charge is 0.398 e. The SMILES string of the molecule is CCC(=N)c1ccc(Br)cc1N. The van der Waals surface area contributed by atoms with Gasteiger partial charge in [0.05, 0.1) is 0 Å². The Morgan fingerprint density at radius 3 is 2.75 bits per heavy atom. The third-order valence-electron chi connectivity index (χ3n) is 1.69. The molecule has 0 atom stereocenters. The molecule has 0 aliphatic carbocycles. The number of nitrogen functional groups attached to an aromatic ring is 1. The Bertz CT molecular complexity index is 307. The zero-order valence-electron chi connectivity index (χ0n) is 6.89. The molecule has 0 aromatic heterocycles. The fourth-order valence-corrected chi connectivity index (χ4v) is 1.38. The van der Waals surface area contributed by atoms with Gasteiger partial charge in [-0.1, -0.05) is 22.9 Å². The molecule has 0 saturated heterocycles. The van der Waals surface area contributed by atoms with E-state index in [2.05, 4.69) is 15.9 Å². The first-order chi connectivity index (χ1) is 5.65. The molecule has 12 heavy (non-hydrogen) atoms. The van der Waals surface area contributed by atoms with Gasteiger partial charge in [0.15, 0.2) is 0 Å². The van der Waals surface area contributed by atoms with Crippen molar-refractivity contribution in [2.24, 2.45) is 0 Å². The fraction of sp³-hybridized carbons (Fsp3) is 0.222. The molecule has 2 nitrogen and oxygen atoms in total. The topological polar surface area (TPSA) is 49.9 Å². The Balaban J connectivity index is 3.09. The zero-order chi connectivity index (χ0) is 9.14. The second kappa shape index (κ2) is 3.72. The second-order valence-electron chi connectivity index (χ2n) is 2.56. The van der Waals surface area contributed by atoms with Crippen LogP contribution < -0.4 is 5.73 Å². The average molecular weight is 227 g/mol. The van der Waals surface area contributed by atoms with E-state index >= 15 is 0 Å². The van der Waals surface area contributed by atoms with Crippen LogP contribution in [0.15, 0.2) is 22.7 Å². The van der Waals surface area contributed by atoms with Crippen molar-refractivity contribution in [3.05, 3.63) is 28.2 Å². The smallest absolute Gasteiger partial charge is 0.0417 e. The molecule has 0 saturated carbocycles. The number of halogens is 1. The molecular formula is C9H11BrN2. The molecule has 0 spiro atoms. The van der Waals surface area contributed by atoms with Gasteiger partial charge in [-0.05, 0) is 24.6 Å². The highest BCUT2D eigenvalue weighted by Gasteiger charge is 2.03. The van der Waals surface area contributed by atoms with E-state index in [0.29, 0.717) is 17.8 Å². The Hall–Kier alpha value is -0.830. The number of nitrogens with two attached hydrogens (primary N) is 1. The summed E-state index contributed by atoms with van der Waals surface area (Å²) in [5, 5.41) is 7.59. The summed E-state index contributed by atoms with van der Waals surface area (Å²) in [6, 6.07) is 5.58. The minimum atomic E-state index is 0.583. The summed E-state index contributed by atoms with van der Waals surface area (Å²) in [5.74, 6) is 0. The van der Waals surface area contributed by atoms with Crippen LogP contribution in [-0.4, -0.2) is 5.71 Å². The minimum Gasteiger partial charge on any atom is -0.398 e. The monoisotopic (exact) mass is 226 g/mol. The highest BCUT2D eigenvalue weighted by atomic mass is 79.9. The Kier molecular flexibility index (Phi) is 2.87. The molecule has 0 radical (unpaired) electrons. The minimum absolute atomic E-state index is 0.583. The highest BCUT2D eigenvalue weighted by Crippen LogP contribution is 2.19. The van der Waals surface area contributed by atoms with Gasteiger partial charge < -0.3 is 11.1 Å². The predicted molar refractivity (Wildman–Crippen MR) is 55.7 cm³/mol. The van der Waals surface area contributed by atoms with Gasteiger partial charge in [-0.3, -0.25) is 0 Å². The first-order valence-electron chi connectivity index (χ1n) is 3.78. The Morgan fingerprint density at radius 2 is 2.25 bits per heavy atom. The molecule has 0 fully saturated rings. The van der Waals surface area contributed by atoms with Crippen molar-refractivity contribution in [3.63, 3.8) is 0 Å². The van der Waals surface area contributed by atoms with Gasteiger partial charge in [-0.15, -0.1) is 0 Å². The Labute approximate surface area is 80.4 Å². The summed E-state index contributed by atoms with van der Waals surface area (Å²) < 4.78 is 0.952. The van der Waals surface area contributed by atoms with Crippen LogP contribution in [-0.2, 0) is 0 Å². The van der Waals surface area contributed by atoms with Crippen LogP contribution in [0, 0.1) is 5.41 Å². The molecule has 0 amide bonds. The van der Waals surface area contributed by atoms with Crippen molar-refractivity contribution in [1.29, 1.82) is 5.41 Å². The molecule has 0 aliphatic rings. The predicted octanol–water partition coefficient (Wildman–Crippen LogP) is 2.81. The second-order valence-corrected chi connectivity index (χ2v) is 3.48. The third kappa shape index (κ3) is 1.85.